The second-order valence-electron chi connectivity index (χ2n) is 10.6. The summed E-state index contributed by atoms with van der Waals surface area (Å²) in [4.78, 5) is 0. The van der Waals surface area contributed by atoms with Gasteiger partial charge in [0.15, 0.2) is 17.3 Å². The van der Waals surface area contributed by atoms with E-state index in [0.29, 0.717) is 57.7 Å². The number of rotatable bonds is 9. The van der Waals surface area contributed by atoms with Gasteiger partial charge in [0, 0.05) is 31.7 Å². The van der Waals surface area contributed by atoms with Gasteiger partial charge in [-0.3, -0.25) is 0 Å². The predicted molar refractivity (Wildman–Crippen MR) is 216 cm³/mol. The van der Waals surface area contributed by atoms with E-state index in [1.807, 2.05) is 12.1 Å². The molecule has 0 aliphatic heterocycles. The van der Waals surface area contributed by atoms with E-state index in [0.717, 1.165) is 16.7 Å². The minimum atomic E-state index is -0.639. The zero-order valence-electron chi connectivity index (χ0n) is 29.3. The van der Waals surface area contributed by atoms with Crippen molar-refractivity contribution in [3.05, 3.63) is 158 Å². The molecule has 2 radical (unpaired) electrons. The molecule has 6 aromatic rings. The number of hydrogen-bond acceptors (Lipinski definition) is 7. The molecule has 0 bridgehead atoms. The lowest BCUT2D eigenvalue weighted by atomic mass is 10.0. The molecule has 2 N–H and O–H groups in total. The largest absolute Gasteiger partial charge is 0.569 e. The van der Waals surface area contributed by atoms with Crippen molar-refractivity contribution in [1.82, 2.24) is 0 Å². The minimum Gasteiger partial charge on any atom is -0.537 e. The van der Waals surface area contributed by atoms with Crippen LogP contribution in [0.5, 0.6) is 28.7 Å². The molecule has 0 saturated carbocycles. The zero-order chi connectivity index (χ0) is 40.3. The van der Waals surface area contributed by atoms with Crippen molar-refractivity contribution in [3.63, 3.8) is 0 Å². The van der Waals surface area contributed by atoms with Gasteiger partial charge in [0.05, 0.1) is 21.3 Å². The Labute approximate surface area is 341 Å². The summed E-state index contributed by atoms with van der Waals surface area (Å²) in [5, 5.41) is 18.6. The first-order valence-electron chi connectivity index (χ1n) is 15.6. The molecule has 7 nitrogen and oxygen atoms in total. The van der Waals surface area contributed by atoms with Crippen molar-refractivity contribution in [2.45, 2.75) is 0 Å². The summed E-state index contributed by atoms with van der Waals surface area (Å²) in [6.45, 7) is 0. The van der Waals surface area contributed by atoms with Gasteiger partial charge in [-0.15, -0.1) is 0 Å². The maximum Gasteiger partial charge on any atom is 0.569 e. The standard InChI is InChI=1S/C13H10BClFO3.C13H10ClFO.C7H6BrFO.C6H5BClO2/c1-18-12-7-9(6-11(16)13(12)19-14-17)8-3-2-4-10(15)5-8;1-16-13-7-10(6-12(15)8-13)9-3-2-4-11(14)5-9;1-10-7-3-5(8)2-6(9)4-7;8-5-2-1-3-6(4-5)10-7-9/h2-7,17H,1H3;2-8H,1H3;2-4H,1H3;1-4,9H. The average Bonchev–Trinajstić information content (AvgIpc) is 3.16. The fourth-order valence-electron chi connectivity index (χ4n) is 4.48. The number of hydrogen-bond donors (Lipinski definition) is 2. The Hall–Kier alpha value is -4.49. The van der Waals surface area contributed by atoms with Crippen molar-refractivity contribution in [1.29, 1.82) is 0 Å². The summed E-state index contributed by atoms with van der Waals surface area (Å²) < 4.78 is 64.6. The molecule has 55 heavy (non-hydrogen) atoms. The van der Waals surface area contributed by atoms with Crippen LogP contribution in [0, 0.1) is 17.5 Å². The molecular weight excluding hydrogens is 845 g/mol. The van der Waals surface area contributed by atoms with Crippen LogP contribution in [0.1, 0.15) is 0 Å². The molecule has 0 aromatic heterocycles. The van der Waals surface area contributed by atoms with E-state index in [1.165, 1.54) is 51.7 Å². The van der Waals surface area contributed by atoms with Crippen molar-refractivity contribution < 1.29 is 46.7 Å². The lowest BCUT2D eigenvalue weighted by Crippen LogP contribution is -2.04. The Morgan fingerprint density at radius 1 is 0.509 bits per heavy atom. The van der Waals surface area contributed by atoms with Gasteiger partial charge >= 0.3 is 15.4 Å². The SMILES string of the molecule is COc1cc(-c2cccc(Cl)c2)cc(F)c1O[B]O.COc1cc(F)cc(-c2cccc(Cl)c2)c1.COc1cc(F)cc(Br)c1.O[B]Oc1cccc(Cl)c1. The first-order chi connectivity index (χ1) is 26.4. The van der Waals surface area contributed by atoms with E-state index in [4.69, 9.17) is 59.1 Å². The third-order valence-corrected chi connectivity index (χ3v) is 8.04. The van der Waals surface area contributed by atoms with Gasteiger partial charge in [-0.1, -0.05) is 81.1 Å². The molecule has 0 saturated heterocycles. The van der Waals surface area contributed by atoms with Crippen LogP contribution in [0.2, 0.25) is 15.1 Å². The number of benzene rings is 6. The summed E-state index contributed by atoms with van der Waals surface area (Å²) in [6.07, 6.45) is 0. The molecule has 0 atom stereocenters. The van der Waals surface area contributed by atoms with Crippen LogP contribution >= 0.6 is 50.7 Å². The summed E-state index contributed by atoms with van der Waals surface area (Å²) >= 11 is 20.5. The molecule has 0 heterocycles. The lowest BCUT2D eigenvalue weighted by molar-refractivity contribution is 0.369. The van der Waals surface area contributed by atoms with E-state index in [1.54, 1.807) is 78.9 Å². The van der Waals surface area contributed by atoms with Gasteiger partial charge in [-0.2, -0.15) is 0 Å². The smallest absolute Gasteiger partial charge is 0.537 e. The van der Waals surface area contributed by atoms with Crippen LogP contribution in [0.25, 0.3) is 22.3 Å². The highest BCUT2D eigenvalue weighted by Gasteiger charge is 2.14. The van der Waals surface area contributed by atoms with E-state index in [2.05, 4.69) is 25.2 Å². The van der Waals surface area contributed by atoms with Crippen LogP contribution in [0.3, 0.4) is 0 Å². The van der Waals surface area contributed by atoms with Gasteiger partial charge in [-0.25, -0.2) is 13.2 Å². The van der Waals surface area contributed by atoms with Gasteiger partial charge in [0.25, 0.3) is 0 Å². The monoisotopic (exact) mass is 874 g/mol. The van der Waals surface area contributed by atoms with E-state index in [9.17, 15) is 13.2 Å². The Kier molecular flexibility index (Phi) is 19.1. The molecule has 6 aromatic carbocycles. The summed E-state index contributed by atoms with van der Waals surface area (Å²) in [6, 6.07) is 32.9. The second kappa shape index (κ2) is 23.4. The molecule has 0 fully saturated rings. The van der Waals surface area contributed by atoms with Crippen molar-refractivity contribution in [2.24, 2.45) is 0 Å². The van der Waals surface area contributed by atoms with Crippen molar-refractivity contribution in [3.8, 4) is 51.0 Å². The molecule has 16 heteroatoms. The fourth-order valence-corrected chi connectivity index (χ4v) is 5.49. The van der Waals surface area contributed by atoms with E-state index in [-0.39, 0.29) is 23.1 Å². The number of ether oxygens (including phenoxy) is 3. The topological polar surface area (TPSA) is 86.6 Å². The molecule has 0 amide bonds. The second-order valence-corrected chi connectivity index (χ2v) is 12.8. The summed E-state index contributed by atoms with van der Waals surface area (Å²) in [7, 11) is 5.42. The third-order valence-electron chi connectivity index (χ3n) is 6.88. The maximum absolute atomic E-state index is 13.9. The maximum atomic E-state index is 13.9. The Morgan fingerprint density at radius 2 is 1.02 bits per heavy atom. The van der Waals surface area contributed by atoms with Gasteiger partial charge in [0.1, 0.15) is 28.9 Å². The molecule has 0 aliphatic rings. The van der Waals surface area contributed by atoms with Crippen molar-refractivity contribution >= 4 is 66.1 Å². The highest BCUT2D eigenvalue weighted by molar-refractivity contribution is 9.10. The zero-order valence-corrected chi connectivity index (χ0v) is 33.1. The van der Waals surface area contributed by atoms with E-state index < -0.39 is 5.82 Å². The Morgan fingerprint density at radius 3 is 1.51 bits per heavy atom. The predicted octanol–water partition coefficient (Wildman–Crippen LogP) is 11.1. The Balaban J connectivity index is 0.000000205. The number of halogens is 7. The molecule has 0 spiro atoms. The molecular formula is C39H31B2BrCl3F3O7. The van der Waals surface area contributed by atoms with Crippen LogP contribution < -0.4 is 23.5 Å². The number of methoxy groups -OCH3 is 3. The average molecular weight is 877 g/mol. The van der Waals surface area contributed by atoms with Crippen LogP contribution in [0.4, 0.5) is 13.2 Å². The highest BCUT2D eigenvalue weighted by atomic mass is 79.9. The summed E-state index contributed by atoms with van der Waals surface area (Å²) in [5.41, 5.74) is 2.97. The van der Waals surface area contributed by atoms with Gasteiger partial charge in [-0.05, 0) is 101 Å². The minimum absolute atomic E-state index is 0.171. The Bertz CT molecular complexity index is 2120. The third kappa shape index (κ3) is 15.3. The van der Waals surface area contributed by atoms with E-state index >= 15 is 0 Å². The summed E-state index contributed by atoms with van der Waals surface area (Å²) in [5.74, 6) is 0.285. The molecule has 284 valence electrons. The highest BCUT2D eigenvalue weighted by Crippen LogP contribution is 2.36. The fraction of sp³-hybridized carbons (Fsp3) is 0.0769. The lowest BCUT2D eigenvalue weighted by Gasteiger charge is -2.12. The van der Waals surface area contributed by atoms with Gasteiger partial charge in [0.2, 0.25) is 0 Å². The quantitative estimate of drug-likeness (QED) is 0.140. The van der Waals surface area contributed by atoms with Crippen LogP contribution in [-0.2, 0) is 0 Å². The van der Waals surface area contributed by atoms with Gasteiger partial charge < -0.3 is 33.6 Å². The molecule has 6 rings (SSSR count). The van der Waals surface area contributed by atoms with Crippen LogP contribution in [-0.4, -0.2) is 46.7 Å². The first-order valence-corrected chi connectivity index (χ1v) is 17.6. The normalized spacial score (nSPS) is 9.82. The molecule has 0 aliphatic carbocycles. The van der Waals surface area contributed by atoms with Crippen LogP contribution in [0.15, 0.2) is 126 Å². The molecule has 0 unspecified atom stereocenters. The van der Waals surface area contributed by atoms with Crippen molar-refractivity contribution in [2.75, 3.05) is 21.3 Å². The first kappa shape index (κ1) is 44.9.